The lowest BCUT2D eigenvalue weighted by molar-refractivity contribution is -0.139. The Balaban J connectivity index is 4.24. The Bertz CT molecular complexity index is 317. The van der Waals surface area contributed by atoms with Gasteiger partial charge in [-0.2, -0.15) is 0 Å². The molecule has 7 nitrogen and oxygen atoms in total. The minimum atomic E-state index is -1.22. The molecular formula is C10H17N3O4. The largest absolute Gasteiger partial charge is 0.480 e. The summed E-state index contributed by atoms with van der Waals surface area (Å²) in [7, 11) is 0. The van der Waals surface area contributed by atoms with Gasteiger partial charge in [-0.15, -0.1) is 6.58 Å². The van der Waals surface area contributed by atoms with E-state index in [-0.39, 0.29) is 18.9 Å². The van der Waals surface area contributed by atoms with Crippen LogP contribution in [0, 0.1) is 0 Å². The fraction of sp³-hybridized carbons (Fsp3) is 0.500. The number of primary amides is 1. The number of carboxylic acid groups (broad SMARTS) is 1. The van der Waals surface area contributed by atoms with Crippen molar-refractivity contribution < 1.29 is 19.5 Å². The smallest absolute Gasteiger partial charge is 0.326 e. The van der Waals surface area contributed by atoms with E-state index in [2.05, 4.69) is 17.2 Å². The standard InChI is InChI=1S/C10H17N3O4/c1-3-6(2)12-10(17)13-7(9(15)16)4-5-8(11)14/h3,6-7H,1,4-5H2,2H3,(H2,11,14)(H,15,16)(H2,12,13,17)/t6?,7-/m1/s1. The highest BCUT2D eigenvalue weighted by molar-refractivity contribution is 5.83. The molecule has 0 heterocycles. The lowest BCUT2D eigenvalue weighted by Gasteiger charge is -2.16. The molecule has 0 aliphatic rings. The summed E-state index contributed by atoms with van der Waals surface area (Å²) in [6.07, 6.45) is 1.35. The average molecular weight is 243 g/mol. The Morgan fingerprint density at radius 2 is 2.00 bits per heavy atom. The zero-order chi connectivity index (χ0) is 13.4. The van der Waals surface area contributed by atoms with Crippen LogP contribution in [0.2, 0.25) is 0 Å². The van der Waals surface area contributed by atoms with Crippen LogP contribution in [-0.2, 0) is 9.59 Å². The van der Waals surface area contributed by atoms with E-state index in [9.17, 15) is 14.4 Å². The lowest BCUT2D eigenvalue weighted by Crippen LogP contribution is -2.48. The van der Waals surface area contributed by atoms with E-state index in [1.54, 1.807) is 6.92 Å². The second-order valence-corrected chi connectivity index (χ2v) is 3.54. The molecule has 0 rings (SSSR count). The molecule has 0 radical (unpaired) electrons. The Morgan fingerprint density at radius 1 is 1.41 bits per heavy atom. The topological polar surface area (TPSA) is 122 Å². The fourth-order valence-electron chi connectivity index (χ4n) is 1.01. The normalized spacial score (nSPS) is 13.2. The maximum Gasteiger partial charge on any atom is 0.326 e. The minimum absolute atomic E-state index is 0.0411. The molecule has 0 aromatic rings. The van der Waals surface area contributed by atoms with Crippen molar-refractivity contribution in [2.75, 3.05) is 0 Å². The van der Waals surface area contributed by atoms with Gasteiger partial charge in [0.1, 0.15) is 6.04 Å². The van der Waals surface area contributed by atoms with Gasteiger partial charge in [0.25, 0.3) is 0 Å². The van der Waals surface area contributed by atoms with Crippen molar-refractivity contribution in [2.45, 2.75) is 31.8 Å². The van der Waals surface area contributed by atoms with Crippen LogP contribution in [0.15, 0.2) is 12.7 Å². The monoisotopic (exact) mass is 243 g/mol. The number of amides is 3. The molecule has 96 valence electrons. The number of carbonyl (C=O) groups is 3. The molecule has 1 unspecified atom stereocenters. The molecule has 17 heavy (non-hydrogen) atoms. The Labute approximate surface area is 99.1 Å². The highest BCUT2D eigenvalue weighted by Crippen LogP contribution is 1.97. The molecule has 0 spiro atoms. The quantitative estimate of drug-likeness (QED) is 0.453. The predicted octanol–water partition coefficient (Wildman–Crippen LogP) is -0.421. The van der Waals surface area contributed by atoms with Crippen molar-refractivity contribution in [2.24, 2.45) is 5.73 Å². The molecule has 0 aromatic carbocycles. The molecule has 0 aliphatic heterocycles. The molecule has 5 N–H and O–H groups in total. The lowest BCUT2D eigenvalue weighted by atomic mass is 10.1. The Morgan fingerprint density at radius 3 is 2.41 bits per heavy atom. The van der Waals surface area contributed by atoms with Gasteiger partial charge >= 0.3 is 12.0 Å². The number of hydrogen-bond acceptors (Lipinski definition) is 3. The molecule has 7 heteroatoms. The summed E-state index contributed by atoms with van der Waals surface area (Å²) in [6.45, 7) is 5.15. The third kappa shape index (κ3) is 6.93. The number of rotatable bonds is 7. The molecule has 0 saturated carbocycles. The van der Waals surface area contributed by atoms with E-state index in [0.717, 1.165) is 0 Å². The second kappa shape index (κ2) is 7.26. The Kier molecular flexibility index (Phi) is 6.39. The molecule has 0 fully saturated rings. The second-order valence-electron chi connectivity index (χ2n) is 3.54. The number of carboxylic acids is 1. The van der Waals surface area contributed by atoms with Crippen molar-refractivity contribution in [3.05, 3.63) is 12.7 Å². The van der Waals surface area contributed by atoms with Crippen molar-refractivity contribution >= 4 is 17.9 Å². The van der Waals surface area contributed by atoms with E-state index < -0.39 is 23.9 Å². The van der Waals surface area contributed by atoms with Gasteiger partial charge in [0.05, 0.1) is 0 Å². The van der Waals surface area contributed by atoms with Crippen molar-refractivity contribution in [3.8, 4) is 0 Å². The predicted molar refractivity (Wildman–Crippen MR) is 61.2 cm³/mol. The summed E-state index contributed by atoms with van der Waals surface area (Å²) in [5, 5.41) is 13.5. The third-order valence-electron chi connectivity index (χ3n) is 2.00. The van der Waals surface area contributed by atoms with E-state index in [0.29, 0.717) is 0 Å². The van der Waals surface area contributed by atoms with Gasteiger partial charge in [-0.3, -0.25) is 4.79 Å². The van der Waals surface area contributed by atoms with Crippen LogP contribution in [0.1, 0.15) is 19.8 Å². The first kappa shape index (κ1) is 14.9. The van der Waals surface area contributed by atoms with Gasteiger partial charge in [0.2, 0.25) is 5.91 Å². The number of carbonyl (C=O) groups excluding carboxylic acids is 2. The molecular weight excluding hydrogens is 226 g/mol. The molecule has 0 aromatic heterocycles. The summed E-state index contributed by atoms with van der Waals surface area (Å²) < 4.78 is 0. The summed E-state index contributed by atoms with van der Waals surface area (Å²) in [5.74, 6) is -1.83. The van der Waals surface area contributed by atoms with Gasteiger partial charge in [0, 0.05) is 12.5 Å². The maximum absolute atomic E-state index is 11.3. The highest BCUT2D eigenvalue weighted by Gasteiger charge is 2.20. The van der Waals surface area contributed by atoms with Crippen LogP contribution >= 0.6 is 0 Å². The number of nitrogens with one attached hydrogen (secondary N) is 2. The molecule has 0 bridgehead atoms. The fourth-order valence-corrected chi connectivity index (χ4v) is 1.01. The molecule has 0 saturated heterocycles. The summed E-state index contributed by atoms with van der Waals surface area (Å²) in [4.78, 5) is 32.6. The number of hydrogen-bond donors (Lipinski definition) is 4. The molecule has 0 aliphatic carbocycles. The van der Waals surface area contributed by atoms with Crippen molar-refractivity contribution in [3.63, 3.8) is 0 Å². The van der Waals surface area contributed by atoms with Gasteiger partial charge in [0.15, 0.2) is 0 Å². The first-order valence-electron chi connectivity index (χ1n) is 5.07. The van der Waals surface area contributed by atoms with Crippen LogP contribution in [0.4, 0.5) is 4.79 Å². The molecule has 2 atom stereocenters. The van der Waals surface area contributed by atoms with Crippen LogP contribution in [0.25, 0.3) is 0 Å². The maximum atomic E-state index is 11.3. The zero-order valence-corrected chi connectivity index (χ0v) is 9.60. The van der Waals surface area contributed by atoms with E-state index in [4.69, 9.17) is 10.8 Å². The van der Waals surface area contributed by atoms with Crippen LogP contribution in [-0.4, -0.2) is 35.1 Å². The summed E-state index contributed by atoms with van der Waals surface area (Å²) in [6, 6.07) is -2.05. The highest BCUT2D eigenvalue weighted by atomic mass is 16.4. The van der Waals surface area contributed by atoms with Crippen LogP contribution in [0.3, 0.4) is 0 Å². The van der Waals surface area contributed by atoms with Crippen molar-refractivity contribution in [1.29, 1.82) is 0 Å². The van der Waals surface area contributed by atoms with Gasteiger partial charge in [-0.1, -0.05) is 6.08 Å². The van der Waals surface area contributed by atoms with Crippen LogP contribution in [0.5, 0.6) is 0 Å². The SMILES string of the molecule is C=CC(C)NC(=O)N[C@H](CCC(N)=O)C(=O)O. The number of aliphatic carboxylic acids is 1. The van der Waals surface area contributed by atoms with Gasteiger partial charge < -0.3 is 21.5 Å². The summed E-state index contributed by atoms with van der Waals surface area (Å²) in [5.41, 5.74) is 4.90. The number of nitrogens with two attached hydrogens (primary N) is 1. The van der Waals surface area contributed by atoms with E-state index in [1.165, 1.54) is 6.08 Å². The zero-order valence-electron chi connectivity index (χ0n) is 9.60. The first-order chi connectivity index (χ1) is 7.86. The van der Waals surface area contributed by atoms with Crippen molar-refractivity contribution in [1.82, 2.24) is 10.6 Å². The van der Waals surface area contributed by atoms with E-state index >= 15 is 0 Å². The van der Waals surface area contributed by atoms with Gasteiger partial charge in [-0.05, 0) is 13.3 Å². The average Bonchev–Trinajstić information content (AvgIpc) is 2.23. The third-order valence-corrected chi connectivity index (χ3v) is 2.00. The summed E-state index contributed by atoms with van der Waals surface area (Å²) >= 11 is 0. The molecule has 3 amide bonds. The number of urea groups is 1. The van der Waals surface area contributed by atoms with E-state index in [1.807, 2.05) is 0 Å². The van der Waals surface area contributed by atoms with Gasteiger partial charge in [-0.25, -0.2) is 9.59 Å². The first-order valence-corrected chi connectivity index (χ1v) is 5.07. The Hall–Kier alpha value is -2.05. The van der Waals surface area contributed by atoms with Crippen LogP contribution < -0.4 is 16.4 Å². The minimum Gasteiger partial charge on any atom is -0.480 e.